The van der Waals surface area contributed by atoms with Crippen molar-refractivity contribution in [2.75, 3.05) is 23.0 Å². The highest BCUT2D eigenvalue weighted by molar-refractivity contribution is 7.99. The number of nitrogens with zero attached hydrogens (tertiary/aromatic N) is 2. The van der Waals surface area contributed by atoms with E-state index in [0.717, 1.165) is 0 Å². The quantitative estimate of drug-likeness (QED) is 0.217. The zero-order valence-electron chi connectivity index (χ0n) is 11.7. The van der Waals surface area contributed by atoms with Crippen molar-refractivity contribution in [3.05, 3.63) is 4.77 Å². The summed E-state index contributed by atoms with van der Waals surface area (Å²) in [6, 6.07) is 0. The van der Waals surface area contributed by atoms with Crippen molar-refractivity contribution in [3.63, 3.8) is 0 Å². The molecule has 0 spiro atoms. The van der Waals surface area contributed by atoms with Gasteiger partial charge in [-0.25, -0.2) is 0 Å². The van der Waals surface area contributed by atoms with Crippen LogP contribution in [0.3, 0.4) is 0 Å². The SMILES string of the molecule is O=S(=O)(O)CCCSc1nc(SCCCS(=O)(=O)O)[nH]c(=S)n1. The summed E-state index contributed by atoms with van der Waals surface area (Å²) in [7, 11) is -7.95. The zero-order chi connectivity index (χ0) is 17.5. The number of aromatic nitrogens is 3. The van der Waals surface area contributed by atoms with Crippen molar-refractivity contribution in [2.24, 2.45) is 0 Å². The summed E-state index contributed by atoms with van der Waals surface area (Å²) >= 11 is 7.39. The van der Waals surface area contributed by atoms with Gasteiger partial charge in [0, 0.05) is 11.5 Å². The van der Waals surface area contributed by atoms with Crippen LogP contribution in [0.15, 0.2) is 10.3 Å². The van der Waals surface area contributed by atoms with E-state index in [0.29, 0.717) is 21.8 Å². The molecule has 1 aromatic heterocycles. The maximum absolute atomic E-state index is 10.6. The van der Waals surface area contributed by atoms with E-state index in [4.69, 9.17) is 21.3 Å². The molecule has 0 aliphatic rings. The van der Waals surface area contributed by atoms with Gasteiger partial charge in [-0.1, -0.05) is 23.5 Å². The first kappa shape index (κ1) is 20.8. The lowest BCUT2D eigenvalue weighted by molar-refractivity contribution is 0.480. The third kappa shape index (κ3) is 11.0. The summed E-state index contributed by atoms with van der Waals surface area (Å²) in [6.45, 7) is 0. The Balaban J connectivity index is 2.50. The molecular weight excluding hydrogens is 406 g/mol. The van der Waals surface area contributed by atoms with Gasteiger partial charge in [0.1, 0.15) is 0 Å². The van der Waals surface area contributed by atoms with Crippen LogP contribution in [0.1, 0.15) is 12.8 Å². The Bertz CT molecular complexity index is 714. The average molecular weight is 422 g/mol. The molecule has 0 radical (unpaired) electrons. The van der Waals surface area contributed by atoms with E-state index >= 15 is 0 Å². The molecule has 0 aliphatic heterocycles. The molecule has 0 aromatic carbocycles. The van der Waals surface area contributed by atoms with Gasteiger partial charge < -0.3 is 4.98 Å². The lowest BCUT2D eigenvalue weighted by Gasteiger charge is -2.03. The summed E-state index contributed by atoms with van der Waals surface area (Å²) < 4.78 is 59.9. The van der Waals surface area contributed by atoms with Gasteiger partial charge in [-0.2, -0.15) is 26.8 Å². The third-order valence-electron chi connectivity index (χ3n) is 2.17. The molecule has 0 amide bonds. The standard InChI is InChI=1S/C9H15N3O6S5/c13-22(14,15)5-1-3-20-8-10-7(19)11-9(12-8)21-4-2-6-23(16,17)18/h1-6H2,(H,13,14,15)(H,16,17,18)(H,10,11,12,19). The second-order valence-corrected chi connectivity index (χ2v) is 9.89. The molecule has 132 valence electrons. The Labute approximate surface area is 147 Å². The molecule has 0 aliphatic carbocycles. The van der Waals surface area contributed by atoms with Crippen LogP contribution in [0.2, 0.25) is 0 Å². The fraction of sp³-hybridized carbons (Fsp3) is 0.667. The van der Waals surface area contributed by atoms with Gasteiger partial charge in [-0.15, -0.1) is 0 Å². The predicted octanol–water partition coefficient (Wildman–Crippen LogP) is 1.27. The van der Waals surface area contributed by atoms with Crippen LogP contribution in [0, 0.1) is 4.77 Å². The Morgan fingerprint density at radius 3 is 2.00 bits per heavy atom. The monoisotopic (exact) mass is 421 g/mol. The smallest absolute Gasteiger partial charge is 0.264 e. The topological polar surface area (TPSA) is 150 Å². The average Bonchev–Trinajstić information content (AvgIpc) is 2.37. The number of rotatable bonds is 10. The zero-order valence-corrected chi connectivity index (χ0v) is 15.8. The molecule has 0 atom stereocenters. The maximum Gasteiger partial charge on any atom is 0.264 e. The number of thioether (sulfide) groups is 2. The minimum Gasteiger partial charge on any atom is -0.310 e. The fourth-order valence-corrected chi connectivity index (χ4v) is 4.63. The Morgan fingerprint density at radius 2 is 1.48 bits per heavy atom. The van der Waals surface area contributed by atoms with E-state index < -0.39 is 20.2 Å². The molecular formula is C9H15N3O6S5. The van der Waals surface area contributed by atoms with E-state index in [-0.39, 0.29) is 29.1 Å². The second-order valence-electron chi connectivity index (χ2n) is 4.22. The summed E-state index contributed by atoms with van der Waals surface area (Å²) in [5.41, 5.74) is 0. The number of hydrogen-bond donors (Lipinski definition) is 3. The van der Waals surface area contributed by atoms with Crippen LogP contribution in [-0.4, -0.2) is 63.9 Å². The van der Waals surface area contributed by atoms with Crippen molar-refractivity contribution in [1.29, 1.82) is 0 Å². The molecule has 1 rings (SSSR count). The minimum absolute atomic E-state index is 0.203. The van der Waals surface area contributed by atoms with Gasteiger partial charge in [-0.05, 0) is 25.1 Å². The Morgan fingerprint density at radius 1 is 0.957 bits per heavy atom. The Hall–Kier alpha value is -0.250. The van der Waals surface area contributed by atoms with Crippen LogP contribution in [0.25, 0.3) is 0 Å². The summed E-state index contributed by atoms with van der Waals surface area (Å²) in [6.07, 6.45) is 0.500. The summed E-state index contributed by atoms with van der Waals surface area (Å²) in [5, 5.41) is 0.819. The van der Waals surface area contributed by atoms with Crippen LogP contribution in [-0.2, 0) is 20.2 Å². The second kappa shape index (κ2) is 9.29. The van der Waals surface area contributed by atoms with Gasteiger partial charge in [0.05, 0.1) is 11.5 Å². The molecule has 23 heavy (non-hydrogen) atoms. The van der Waals surface area contributed by atoms with Crippen LogP contribution in [0.5, 0.6) is 0 Å². The molecule has 1 aromatic rings. The molecule has 0 fully saturated rings. The fourth-order valence-electron chi connectivity index (χ4n) is 1.29. The van der Waals surface area contributed by atoms with Gasteiger partial charge in [0.25, 0.3) is 20.2 Å². The highest BCUT2D eigenvalue weighted by Crippen LogP contribution is 2.19. The molecule has 0 saturated heterocycles. The van der Waals surface area contributed by atoms with E-state index in [1.165, 1.54) is 23.5 Å². The number of nitrogens with one attached hydrogen (secondary N) is 1. The van der Waals surface area contributed by atoms with Gasteiger partial charge >= 0.3 is 0 Å². The molecule has 1 heterocycles. The lowest BCUT2D eigenvalue weighted by atomic mass is 10.6. The van der Waals surface area contributed by atoms with Gasteiger partial charge in [0.2, 0.25) is 4.77 Å². The first-order valence-corrected chi connectivity index (χ1v) is 11.8. The first-order valence-electron chi connectivity index (χ1n) is 6.19. The van der Waals surface area contributed by atoms with Gasteiger partial charge in [-0.3, -0.25) is 9.11 Å². The van der Waals surface area contributed by atoms with Crippen LogP contribution in [0.4, 0.5) is 0 Å². The number of hydrogen-bond acceptors (Lipinski definition) is 9. The highest BCUT2D eigenvalue weighted by Gasteiger charge is 2.08. The summed E-state index contributed by atoms with van der Waals surface area (Å²) in [5.74, 6) is 0.139. The van der Waals surface area contributed by atoms with Gasteiger partial charge in [0.15, 0.2) is 10.3 Å². The normalized spacial score (nSPS) is 12.4. The van der Waals surface area contributed by atoms with Crippen LogP contribution < -0.4 is 0 Å². The summed E-state index contributed by atoms with van der Waals surface area (Å²) in [4.78, 5) is 10.9. The number of H-pyrrole nitrogens is 1. The van der Waals surface area contributed by atoms with E-state index in [1.54, 1.807) is 0 Å². The van der Waals surface area contributed by atoms with Crippen molar-refractivity contribution in [1.82, 2.24) is 15.0 Å². The van der Waals surface area contributed by atoms with Crippen molar-refractivity contribution >= 4 is 56.0 Å². The molecule has 9 nitrogen and oxygen atoms in total. The van der Waals surface area contributed by atoms with Crippen molar-refractivity contribution in [2.45, 2.75) is 23.2 Å². The third-order valence-corrected chi connectivity index (χ3v) is 5.87. The molecule has 14 heteroatoms. The maximum atomic E-state index is 10.6. The number of aromatic amines is 1. The van der Waals surface area contributed by atoms with Crippen molar-refractivity contribution in [3.8, 4) is 0 Å². The molecule has 3 N–H and O–H groups in total. The molecule has 0 unspecified atom stereocenters. The van der Waals surface area contributed by atoms with E-state index in [2.05, 4.69) is 15.0 Å². The molecule has 0 bridgehead atoms. The predicted molar refractivity (Wildman–Crippen MR) is 90.7 cm³/mol. The van der Waals surface area contributed by atoms with E-state index in [1.807, 2.05) is 0 Å². The van der Waals surface area contributed by atoms with Crippen LogP contribution >= 0.6 is 35.7 Å². The minimum atomic E-state index is -3.98. The first-order chi connectivity index (χ1) is 10.6. The molecule has 0 saturated carbocycles. The van der Waals surface area contributed by atoms with Crippen molar-refractivity contribution < 1.29 is 25.9 Å². The Kier molecular flexibility index (Phi) is 8.40. The highest BCUT2D eigenvalue weighted by atomic mass is 32.2. The largest absolute Gasteiger partial charge is 0.310 e. The lowest BCUT2D eigenvalue weighted by Crippen LogP contribution is -2.05. The van der Waals surface area contributed by atoms with E-state index in [9.17, 15) is 16.8 Å².